The Kier molecular flexibility index (Phi) is 9.34. The summed E-state index contributed by atoms with van der Waals surface area (Å²) in [6.45, 7) is 5.20. The van der Waals surface area contributed by atoms with E-state index < -0.39 is 16.1 Å². The fraction of sp³-hybridized carbons (Fsp3) is 0.367. The molecular weight excluding hydrogens is 530 g/mol. The lowest BCUT2D eigenvalue weighted by molar-refractivity contribution is 0.0344. The minimum atomic E-state index is -4.00. The average molecular weight is 568 g/mol. The Morgan fingerprint density at radius 1 is 1.10 bits per heavy atom. The first kappa shape index (κ1) is 29.4. The van der Waals surface area contributed by atoms with Crippen LogP contribution < -0.4 is 14.2 Å². The molecule has 10 heteroatoms. The third-order valence-electron chi connectivity index (χ3n) is 7.09. The van der Waals surface area contributed by atoms with E-state index >= 15 is 0 Å². The predicted octanol–water partition coefficient (Wildman–Crippen LogP) is 3.85. The highest BCUT2D eigenvalue weighted by Crippen LogP contribution is 2.36. The Morgan fingerprint density at radius 3 is 2.45 bits per heavy atom. The lowest BCUT2D eigenvalue weighted by Gasteiger charge is -2.38. The van der Waals surface area contributed by atoms with Gasteiger partial charge in [0.05, 0.1) is 35.9 Å². The number of aliphatic hydroxyl groups is 1. The minimum Gasteiger partial charge on any atom is -0.497 e. The lowest BCUT2D eigenvalue weighted by atomic mass is 9.99. The van der Waals surface area contributed by atoms with E-state index in [9.17, 15) is 18.3 Å². The molecule has 3 aromatic carbocycles. The fourth-order valence-corrected chi connectivity index (χ4v) is 5.83. The van der Waals surface area contributed by atoms with Gasteiger partial charge in [0.15, 0.2) is 5.75 Å². The number of sulfonamides is 1. The number of para-hydroxylation sites is 1. The van der Waals surface area contributed by atoms with Crippen molar-refractivity contribution in [3.63, 3.8) is 0 Å². The molecule has 3 aromatic rings. The van der Waals surface area contributed by atoms with E-state index in [-0.39, 0.29) is 46.4 Å². The molecule has 2 N–H and O–H groups in total. The zero-order valence-corrected chi connectivity index (χ0v) is 24.1. The molecule has 0 saturated heterocycles. The summed E-state index contributed by atoms with van der Waals surface area (Å²) < 4.78 is 41.0. The number of amides is 1. The molecule has 0 aromatic heterocycles. The number of rotatable bonds is 10. The second-order valence-electron chi connectivity index (χ2n) is 10.3. The van der Waals surface area contributed by atoms with Gasteiger partial charge in [-0.15, -0.1) is 0 Å². The number of nitrogens with zero attached hydrogens (tertiary/aromatic N) is 2. The molecule has 0 bridgehead atoms. The molecule has 1 aliphatic rings. The summed E-state index contributed by atoms with van der Waals surface area (Å²) in [6.07, 6.45) is -0.374. The van der Waals surface area contributed by atoms with Crippen molar-refractivity contribution in [3.05, 3.63) is 83.9 Å². The second kappa shape index (κ2) is 12.7. The number of fused-ring (bicyclic) bond motifs is 1. The third-order valence-corrected chi connectivity index (χ3v) is 8.47. The lowest BCUT2D eigenvalue weighted by Crippen LogP contribution is -2.49. The summed E-state index contributed by atoms with van der Waals surface area (Å²) >= 11 is 0. The van der Waals surface area contributed by atoms with Crippen LogP contribution in [0, 0.1) is 5.92 Å². The van der Waals surface area contributed by atoms with Gasteiger partial charge in [0, 0.05) is 25.6 Å². The first-order chi connectivity index (χ1) is 19.1. The summed E-state index contributed by atoms with van der Waals surface area (Å²) in [5, 5.41) is 9.91. The largest absolute Gasteiger partial charge is 0.497 e. The van der Waals surface area contributed by atoms with E-state index in [1.807, 2.05) is 32.2 Å². The van der Waals surface area contributed by atoms with Crippen molar-refractivity contribution >= 4 is 21.6 Å². The number of carbonyl (C=O) groups is 1. The third kappa shape index (κ3) is 6.75. The monoisotopic (exact) mass is 567 g/mol. The Hall–Kier alpha value is -3.60. The molecule has 9 nitrogen and oxygen atoms in total. The predicted molar refractivity (Wildman–Crippen MR) is 154 cm³/mol. The van der Waals surface area contributed by atoms with E-state index in [1.165, 1.54) is 19.2 Å². The Bertz CT molecular complexity index is 1400. The molecule has 3 atom stereocenters. The van der Waals surface area contributed by atoms with Crippen LogP contribution in [0.4, 0.5) is 5.69 Å². The van der Waals surface area contributed by atoms with Crippen LogP contribution in [0.15, 0.2) is 77.7 Å². The average Bonchev–Trinajstić information content (AvgIpc) is 2.95. The molecule has 1 aliphatic heterocycles. The van der Waals surface area contributed by atoms with Crippen LogP contribution >= 0.6 is 0 Å². The van der Waals surface area contributed by atoms with Crippen molar-refractivity contribution in [2.24, 2.45) is 5.92 Å². The SMILES string of the molecule is COc1ccc(S(=O)(=O)Nc2cccc3c2O[C@@H](CN(C)Cc2ccccc2)[C@H](C)CN([C@@H](C)CO)C3=O)cc1. The number of nitrogens with one attached hydrogen (secondary N) is 1. The molecule has 4 rings (SSSR count). The standard InChI is InChI=1S/C30H37N3O6S/c1-21-17-33(22(2)20-34)30(35)26-11-8-12-27(31-40(36,37)25-15-13-24(38-4)14-16-25)29(26)39-28(21)19-32(3)18-23-9-6-5-7-10-23/h5-16,21-22,28,31,34H,17-20H2,1-4H3/t21-,22+,28+/m1/s1. The normalized spacial score (nSPS) is 18.4. The number of hydrogen-bond donors (Lipinski definition) is 2. The van der Waals surface area contributed by atoms with Gasteiger partial charge in [0.25, 0.3) is 15.9 Å². The van der Waals surface area contributed by atoms with Gasteiger partial charge in [0.2, 0.25) is 0 Å². The van der Waals surface area contributed by atoms with Gasteiger partial charge in [-0.25, -0.2) is 8.42 Å². The topological polar surface area (TPSA) is 108 Å². The van der Waals surface area contributed by atoms with Gasteiger partial charge < -0.3 is 19.5 Å². The Labute approximate surface area is 236 Å². The number of benzene rings is 3. The molecule has 40 heavy (non-hydrogen) atoms. The molecule has 1 amide bonds. The molecular formula is C30H37N3O6S. The molecule has 1 heterocycles. The van der Waals surface area contributed by atoms with E-state index in [0.29, 0.717) is 25.4 Å². The minimum absolute atomic E-state index is 0.0473. The molecule has 0 saturated carbocycles. The molecule has 0 radical (unpaired) electrons. The first-order valence-electron chi connectivity index (χ1n) is 13.2. The summed E-state index contributed by atoms with van der Waals surface area (Å²) in [5.41, 5.74) is 1.56. The maximum absolute atomic E-state index is 13.7. The van der Waals surface area contributed by atoms with Crippen LogP contribution in [0.2, 0.25) is 0 Å². The van der Waals surface area contributed by atoms with Crippen molar-refractivity contribution in [3.8, 4) is 11.5 Å². The number of hydrogen-bond acceptors (Lipinski definition) is 7. The van der Waals surface area contributed by atoms with Gasteiger partial charge in [-0.1, -0.05) is 43.3 Å². The first-order valence-corrected chi connectivity index (χ1v) is 14.7. The molecule has 0 spiro atoms. The van der Waals surface area contributed by atoms with Crippen LogP contribution in [0.25, 0.3) is 0 Å². The molecule has 0 unspecified atom stereocenters. The van der Waals surface area contributed by atoms with Gasteiger partial charge in [-0.2, -0.15) is 0 Å². The van der Waals surface area contributed by atoms with Gasteiger partial charge in [-0.05, 0) is 55.9 Å². The maximum atomic E-state index is 13.7. The second-order valence-corrected chi connectivity index (χ2v) is 12.0. The van der Waals surface area contributed by atoms with E-state index in [4.69, 9.17) is 9.47 Å². The number of carbonyl (C=O) groups excluding carboxylic acids is 1. The van der Waals surface area contributed by atoms with Crippen LogP contribution in [0.5, 0.6) is 11.5 Å². The number of ether oxygens (including phenoxy) is 2. The fourth-order valence-electron chi connectivity index (χ4n) is 4.77. The summed E-state index contributed by atoms with van der Waals surface area (Å²) in [4.78, 5) is 17.5. The molecule has 0 aliphatic carbocycles. The zero-order valence-electron chi connectivity index (χ0n) is 23.3. The smallest absolute Gasteiger partial charge is 0.262 e. The van der Waals surface area contributed by atoms with Gasteiger partial charge in [0.1, 0.15) is 11.9 Å². The van der Waals surface area contributed by atoms with Crippen LogP contribution in [-0.2, 0) is 16.6 Å². The summed E-state index contributed by atoms with van der Waals surface area (Å²) in [5.74, 6) is 0.261. The van der Waals surface area contributed by atoms with E-state index in [0.717, 1.165) is 5.56 Å². The Morgan fingerprint density at radius 2 is 1.80 bits per heavy atom. The highest BCUT2D eigenvalue weighted by Gasteiger charge is 2.35. The van der Waals surface area contributed by atoms with Crippen molar-refractivity contribution < 1.29 is 27.8 Å². The number of likely N-dealkylation sites (N-methyl/N-ethyl adjacent to an activating group) is 1. The van der Waals surface area contributed by atoms with Crippen LogP contribution in [0.1, 0.15) is 29.8 Å². The van der Waals surface area contributed by atoms with E-state index in [2.05, 4.69) is 21.8 Å². The highest BCUT2D eigenvalue weighted by molar-refractivity contribution is 7.92. The van der Waals surface area contributed by atoms with Gasteiger partial charge >= 0.3 is 0 Å². The van der Waals surface area contributed by atoms with Gasteiger partial charge in [-0.3, -0.25) is 14.4 Å². The molecule has 214 valence electrons. The number of anilines is 1. The van der Waals surface area contributed by atoms with Crippen molar-refractivity contribution in [1.82, 2.24) is 9.80 Å². The zero-order chi connectivity index (χ0) is 28.9. The summed E-state index contributed by atoms with van der Waals surface area (Å²) in [7, 11) is -0.493. The summed E-state index contributed by atoms with van der Waals surface area (Å²) in [6, 6.07) is 20.5. The highest BCUT2D eigenvalue weighted by atomic mass is 32.2. The maximum Gasteiger partial charge on any atom is 0.262 e. The van der Waals surface area contributed by atoms with Crippen LogP contribution in [0.3, 0.4) is 0 Å². The van der Waals surface area contributed by atoms with Crippen LogP contribution in [-0.4, -0.2) is 75.2 Å². The number of aliphatic hydroxyl groups excluding tert-OH is 1. The van der Waals surface area contributed by atoms with Crippen molar-refractivity contribution in [1.29, 1.82) is 0 Å². The number of methoxy groups -OCH3 is 1. The van der Waals surface area contributed by atoms with E-state index in [1.54, 1.807) is 42.2 Å². The van der Waals surface area contributed by atoms with Crippen molar-refractivity contribution in [2.75, 3.05) is 38.6 Å². The van der Waals surface area contributed by atoms with Crippen molar-refractivity contribution in [2.45, 2.75) is 37.4 Å². The Balaban J connectivity index is 1.70. The quantitative estimate of drug-likeness (QED) is 0.383. The molecule has 0 fully saturated rings.